The number of hydrogen-bond donors (Lipinski definition) is 3. The topological polar surface area (TPSA) is 118 Å². The zero-order valence-corrected chi connectivity index (χ0v) is 19.0. The number of nitrogens with two attached hydrogens (primary N) is 1. The van der Waals surface area contributed by atoms with Gasteiger partial charge in [-0.25, -0.2) is 18.5 Å². The highest BCUT2D eigenvalue weighted by Crippen LogP contribution is 2.38. The fourth-order valence-electron chi connectivity index (χ4n) is 3.43. The number of nitrogens with one attached hydrogen (secondary N) is 1. The Hall–Kier alpha value is -2.02. The predicted octanol–water partition coefficient (Wildman–Crippen LogP) is 4.35. The number of urea groups is 1. The summed E-state index contributed by atoms with van der Waals surface area (Å²) in [6.07, 6.45) is 1.71. The number of halogens is 3. The summed E-state index contributed by atoms with van der Waals surface area (Å²) in [4.78, 5) is 16.7. The zero-order valence-electron chi connectivity index (χ0n) is 17.4. The van der Waals surface area contributed by atoms with Crippen LogP contribution >= 0.6 is 11.3 Å². The second kappa shape index (κ2) is 7.84. The summed E-state index contributed by atoms with van der Waals surface area (Å²) in [6.45, 7) is 4.95. The number of nitrogens with zero attached hydrogens (tertiary/aromatic N) is 2. The molecule has 2 amide bonds. The van der Waals surface area contributed by atoms with Gasteiger partial charge in [0, 0.05) is 23.1 Å². The number of hydrogen-bond acceptors (Lipinski definition) is 5. The lowest BCUT2D eigenvalue weighted by Crippen LogP contribution is -2.21. The fourth-order valence-corrected chi connectivity index (χ4v) is 5.77. The number of carbonyl (C=O) groups excluding carboxylic acids is 1. The van der Waals surface area contributed by atoms with E-state index < -0.39 is 43.2 Å². The molecule has 2 aromatic rings. The fraction of sp³-hybridized carbons (Fsp3) is 0.474. The first-order chi connectivity index (χ1) is 14.1. The van der Waals surface area contributed by atoms with Crippen LogP contribution in [0.2, 0.25) is 0 Å². The Balaban J connectivity index is 2.01. The maximum atomic E-state index is 14.3. The van der Waals surface area contributed by atoms with Crippen LogP contribution in [0.3, 0.4) is 0 Å². The van der Waals surface area contributed by atoms with Gasteiger partial charge in [-0.15, -0.1) is 15.7 Å². The van der Waals surface area contributed by atoms with Gasteiger partial charge in [0.15, 0.2) is 19.9 Å². The van der Waals surface area contributed by atoms with Gasteiger partial charge in [-0.05, 0) is 51.7 Å². The number of pyridine rings is 1. The van der Waals surface area contributed by atoms with E-state index in [-0.39, 0.29) is 16.1 Å². The average Bonchev–Trinajstić information content (AvgIpc) is 3.21. The summed E-state index contributed by atoms with van der Waals surface area (Å²) in [7, 11) is -3.98. The van der Waals surface area contributed by atoms with Gasteiger partial charge in [0.2, 0.25) is 0 Å². The van der Waals surface area contributed by atoms with Crippen molar-refractivity contribution in [2.45, 2.75) is 62.7 Å². The molecule has 12 heteroatoms. The molecule has 4 N–H and O–H groups in total. The van der Waals surface area contributed by atoms with E-state index in [0.29, 0.717) is 48.8 Å². The van der Waals surface area contributed by atoms with Gasteiger partial charge in [-0.1, -0.05) is 0 Å². The van der Waals surface area contributed by atoms with Crippen LogP contribution in [0.5, 0.6) is 0 Å². The Morgan fingerprint density at radius 2 is 2.00 bits per heavy atom. The first-order valence-corrected chi connectivity index (χ1v) is 11.8. The molecule has 0 saturated carbocycles. The van der Waals surface area contributed by atoms with Gasteiger partial charge in [0.1, 0.15) is 5.69 Å². The van der Waals surface area contributed by atoms with E-state index in [2.05, 4.69) is 14.7 Å². The van der Waals surface area contributed by atoms with Crippen LogP contribution < -0.4 is 10.5 Å². The van der Waals surface area contributed by atoms with Crippen molar-refractivity contribution in [1.82, 2.24) is 4.98 Å². The maximum Gasteiger partial charge on any atom is 0.354 e. The average molecular weight is 477 g/mol. The van der Waals surface area contributed by atoms with Crippen molar-refractivity contribution in [2.75, 3.05) is 5.32 Å². The van der Waals surface area contributed by atoms with Crippen molar-refractivity contribution in [3.8, 4) is 0 Å². The number of aryl methyl sites for hydroxylation is 1. The van der Waals surface area contributed by atoms with Crippen LogP contribution in [-0.4, -0.2) is 20.3 Å². The molecule has 1 atom stereocenters. The first kappa shape index (κ1) is 23.6. The van der Waals surface area contributed by atoms with Crippen LogP contribution in [0.1, 0.15) is 54.6 Å². The molecule has 0 aromatic carbocycles. The van der Waals surface area contributed by atoms with Crippen molar-refractivity contribution < 1.29 is 27.3 Å². The number of amides is 2. The van der Waals surface area contributed by atoms with E-state index in [1.54, 1.807) is 0 Å². The molecule has 2 aromatic heterocycles. The van der Waals surface area contributed by atoms with Gasteiger partial charge in [-0.3, -0.25) is 4.98 Å². The molecule has 2 heterocycles. The molecule has 1 aliphatic rings. The molecule has 0 spiro atoms. The Kier molecular flexibility index (Phi) is 5.98. The highest BCUT2D eigenvalue weighted by atomic mass is 32.2. The number of aliphatic hydroxyl groups is 1. The largest absolute Gasteiger partial charge is 0.385 e. The lowest BCUT2D eigenvalue weighted by atomic mass is 10.0. The molecular weight excluding hydrogens is 453 g/mol. The van der Waals surface area contributed by atoms with Crippen molar-refractivity contribution in [3.63, 3.8) is 0 Å². The van der Waals surface area contributed by atoms with E-state index in [9.17, 15) is 27.3 Å². The predicted molar refractivity (Wildman–Crippen MR) is 112 cm³/mol. The van der Waals surface area contributed by atoms with E-state index in [4.69, 9.17) is 5.14 Å². The molecule has 7 nitrogen and oxygen atoms in total. The first-order valence-electron chi connectivity index (χ1n) is 9.40. The number of aromatic nitrogens is 1. The standard InChI is InChI=1S/C19H23F3N4O3S2/c1-9-14(10-6-5-7-12(10)24-15(9)19(4,21)22)25-17(27)26-31(23,29)16-11(20)8-13(30-16)18(2,3)28/h8,28H,5-7H2,1-4H3,(H3,23,24,25,26,27,29). The molecule has 0 fully saturated rings. The second-order valence-corrected chi connectivity index (χ2v) is 11.1. The van der Waals surface area contributed by atoms with Crippen molar-refractivity contribution in [2.24, 2.45) is 9.50 Å². The lowest BCUT2D eigenvalue weighted by Gasteiger charge is -2.19. The Morgan fingerprint density at radius 1 is 1.35 bits per heavy atom. The molecule has 0 aliphatic heterocycles. The van der Waals surface area contributed by atoms with E-state index in [1.807, 2.05) is 0 Å². The molecule has 0 radical (unpaired) electrons. The van der Waals surface area contributed by atoms with Crippen molar-refractivity contribution in [3.05, 3.63) is 39.3 Å². The molecule has 1 aliphatic carbocycles. The smallest absolute Gasteiger partial charge is 0.354 e. The highest BCUT2D eigenvalue weighted by Gasteiger charge is 2.33. The van der Waals surface area contributed by atoms with Gasteiger partial charge in [0.05, 0.1) is 11.3 Å². The minimum absolute atomic E-state index is 0.0758. The third-order valence-corrected chi connectivity index (χ3v) is 8.21. The molecular formula is C19H23F3N4O3S2. The molecule has 1 unspecified atom stereocenters. The number of alkyl halides is 2. The number of fused-ring (bicyclic) bond motifs is 1. The molecule has 0 saturated heterocycles. The maximum absolute atomic E-state index is 14.3. The summed E-state index contributed by atoms with van der Waals surface area (Å²) < 4.78 is 58.1. The summed E-state index contributed by atoms with van der Waals surface area (Å²) >= 11 is 0.642. The van der Waals surface area contributed by atoms with Crippen molar-refractivity contribution in [1.29, 1.82) is 0 Å². The summed E-state index contributed by atoms with van der Waals surface area (Å²) in [6, 6.07) is -0.172. The lowest BCUT2D eigenvalue weighted by molar-refractivity contribution is 0.0119. The van der Waals surface area contributed by atoms with Gasteiger partial charge < -0.3 is 10.4 Å². The Labute approximate surface area is 182 Å². The highest BCUT2D eigenvalue weighted by molar-refractivity contribution is 7.93. The third kappa shape index (κ3) is 4.76. The summed E-state index contributed by atoms with van der Waals surface area (Å²) in [5.74, 6) is -4.19. The van der Waals surface area contributed by atoms with Crippen LogP contribution in [0, 0.1) is 12.7 Å². The molecule has 3 rings (SSSR count). The van der Waals surface area contributed by atoms with Crippen LogP contribution in [-0.2, 0) is 34.3 Å². The quantitative estimate of drug-likeness (QED) is 0.608. The number of thiophene rings is 1. The Morgan fingerprint density at radius 3 is 2.55 bits per heavy atom. The SMILES string of the molecule is Cc1c(C(C)(F)F)nc2c(c1NC(=O)N=S(N)(=O)c1sc(C(C)(C)O)cc1F)CCC2. The van der Waals surface area contributed by atoms with Gasteiger partial charge in [0.25, 0.3) is 5.92 Å². The van der Waals surface area contributed by atoms with Gasteiger partial charge in [-0.2, -0.15) is 8.78 Å². The normalized spacial score (nSPS) is 16.0. The Bertz CT molecular complexity index is 1170. The number of anilines is 1. The number of carbonyl (C=O) groups is 1. The molecule has 0 bridgehead atoms. The third-order valence-electron chi connectivity index (χ3n) is 4.86. The zero-order chi connectivity index (χ0) is 23.4. The second-order valence-electron chi connectivity index (χ2n) is 8.02. The van der Waals surface area contributed by atoms with E-state index in [0.717, 1.165) is 6.07 Å². The minimum Gasteiger partial charge on any atom is -0.385 e. The summed E-state index contributed by atoms with van der Waals surface area (Å²) in [5.41, 5.74) is -0.582. The summed E-state index contributed by atoms with van der Waals surface area (Å²) in [5, 5.41) is 18.1. The van der Waals surface area contributed by atoms with E-state index >= 15 is 0 Å². The van der Waals surface area contributed by atoms with E-state index in [1.165, 1.54) is 20.8 Å². The molecule has 170 valence electrons. The minimum atomic E-state index is -3.98. The monoisotopic (exact) mass is 476 g/mol. The van der Waals surface area contributed by atoms with Gasteiger partial charge >= 0.3 is 6.03 Å². The van der Waals surface area contributed by atoms with Crippen LogP contribution in [0.15, 0.2) is 14.6 Å². The number of rotatable bonds is 4. The van der Waals surface area contributed by atoms with Crippen LogP contribution in [0.4, 0.5) is 23.7 Å². The van der Waals surface area contributed by atoms with Crippen molar-refractivity contribution >= 4 is 33.0 Å². The van der Waals surface area contributed by atoms with Crippen LogP contribution in [0.25, 0.3) is 0 Å². The molecule has 31 heavy (non-hydrogen) atoms.